The molecule has 2 heterocycles. The first kappa shape index (κ1) is 57.9. The van der Waals surface area contributed by atoms with E-state index in [1.807, 2.05) is 0 Å². The lowest BCUT2D eigenvalue weighted by atomic mass is 9.65. The van der Waals surface area contributed by atoms with E-state index in [0.29, 0.717) is 0 Å². The van der Waals surface area contributed by atoms with Gasteiger partial charge in [-0.25, -0.2) is 0 Å². The van der Waals surface area contributed by atoms with Crippen LogP contribution in [-0.2, 0) is 5.41 Å². The minimum atomic E-state index is -0.674. The molecule has 5 nitrogen and oxygen atoms in total. The number of rotatable bonds is 14. The molecule has 0 saturated heterocycles. The summed E-state index contributed by atoms with van der Waals surface area (Å²) in [5.41, 5.74) is 30.8. The Morgan fingerprint density at radius 2 is 0.541 bits per heavy atom. The Morgan fingerprint density at radius 1 is 0.224 bits per heavy atom. The van der Waals surface area contributed by atoms with E-state index in [-0.39, 0.29) is 0 Å². The number of para-hydroxylation sites is 7. The maximum absolute atomic E-state index is 2.54. The average Bonchev–Trinajstić information content (AvgIpc) is 1.48. The van der Waals surface area contributed by atoms with Crippen LogP contribution in [0, 0.1) is 13.8 Å². The summed E-state index contributed by atoms with van der Waals surface area (Å²) in [6.07, 6.45) is 0. The minimum absolute atomic E-state index is 0.674. The van der Waals surface area contributed by atoms with Crippen molar-refractivity contribution >= 4 is 90.1 Å². The molecule has 0 atom stereocenters. The van der Waals surface area contributed by atoms with E-state index < -0.39 is 5.41 Å². The molecule has 0 unspecified atom stereocenters. The average molecular weight is 1250 g/mol. The van der Waals surface area contributed by atoms with Crippen LogP contribution in [0.4, 0.5) is 68.2 Å². The van der Waals surface area contributed by atoms with Crippen LogP contribution in [0.5, 0.6) is 0 Å². The van der Waals surface area contributed by atoms with Gasteiger partial charge in [0.1, 0.15) is 0 Å². The first-order valence-electron chi connectivity index (χ1n) is 33.8. The molecule has 464 valence electrons. The first-order chi connectivity index (χ1) is 48.4. The molecule has 2 aliphatic rings. The molecule has 1 aliphatic heterocycles. The number of benzene rings is 15. The van der Waals surface area contributed by atoms with E-state index in [0.717, 1.165) is 79.4 Å². The van der Waals surface area contributed by atoms with Gasteiger partial charge in [0.15, 0.2) is 0 Å². The van der Waals surface area contributed by atoms with Crippen LogP contribution in [0.2, 0.25) is 0 Å². The molecule has 0 amide bonds. The quantitative estimate of drug-likeness (QED) is 0.108. The van der Waals surface area contributed by atoms with Gasteiger partial charge < -0.3 is 24.2 Å². The summed E-state index contributed by atoms with van der Waals surface area (Å²) in [5.74, 6) is 0. The van der Waals surface area contributed by atoms with E-state index in [1.54, 1.807) is 0 Å². The van der Waals surface area contributed by atoms with Crippen molar-refractivity contribution in [3.05, 3.63) is 403 Å². The van der Waals surface area contributed by atoms with Crippen molar-refractivity contribution in [3.63, 3.8) is 0 Å². The molecule has 98 heavy (non-hydrogen) atoms. The van der Waals surface area contributed by atoms with E-state index in [4.69, 9.17) is 0 Å². The van der Waals surface area contributed by atoms with E-state index in [1.165, 1.54) is 83.1 Å². The van der Waals surface area contributed by atoms with Crippen LogP contribution >= 0.6 is 0 Å². The smallest absolute Gasteiger partial charge is 0.0754 e. The van der Waals surface area contributed by atoms with Gasteiger partial charge in [0, 0.05) is 79.0 Å². The molecule has 0 saturated carbocycles. The second kappa shape index (κ2) is 23.9. The summed E-state index contributed by atoms with van der Waals surface area (Å²) >= 11 is 0. The van der Waals surface area contributed by atoms with Crippen LogP contribution in [0.1, 0.15) is 33.4 Å². The van der Waals surface area contributed by atoms with Crippen LogP contribution < -0.4 is 19.6 Å². The second-order valence-corrected chi connectivity index (χ2v) is 25.8. The van der Waals surface area contributed by atoms with E-state index in [9.17, 15) is 0 Å². The topological polar surface area (TPSA) is 17.9 Å². The van der Waals surface area contributed by atoms with Crippen molar-refractivity contribution < 1.29 is 0 Å². The predicted molar refractivity (Wildman–Crippen MR) is 411 cm³/mol. The molecule has 15 aromatic carbocycles. The Morgan fingerprint density at radius 3 is 0.969 bits per heavy atom. The molecule has 18 rings (SSSR count). The fraction of sp³-hybridized carbons (Fsp3) is 0.0323. The molecule has 5 heteroatoms. The Bertz CT molecular complexity index is 5280. The Balaban J connectivity index is 0.742. The maximum Gasteiger partial charge on any atom is 0.0754 e. The van der Waals surface area contributed by atoms with Crippen LogP contribution in [-0.4, -0.2) is 4.57 Å². The van der Waals surface area contributed by atoms with Gasteiger partial charge in [0.2, 0.25) is 0 Å². The summed E-state index contributed by atoms with van der Waals surface area (Å²) in [4.78, 5) is 9.37. The third-order valence-corrected chi connectivity index (χ3v) is 20.0. The van der Waals surface area contributed by atoms with Crippen molar-refractivity contribution in [3.8, 4) is 39.1 Å². The highest BCUT2D eigenvalue weighted by atomic mass is 15.2. The third kappa shape index (κ3) is 9.69. The fourth-order valence-electron chi connectivity index (χ4n) is 15.7. The van der Waals surface area contributed by atoms with Crippen LogP contribution in [0.25, 0.3) is 60.9 Å². The Kier molecular flexibility index (Phi) is 14.2. The van der Waals surface area contributed by atoms with Gasteiger partial charge >= 0.3 is 0 Å². The van der Waals surface area contributed by atoms with Gasteiger partial charge in [-0.3, -0.25) is 0 Å². The van der Waals surface area contributed by atoms with Crippen molar-refractivity contribution in [2.75, 3.05) is 19.6 Å². The lowest BCUT2D eigenvalue weighted by Gasteiger charge is -2.40. The summed E-state index contributed by atoms with van der Waals surface area (Å²) < 4.78 is 2.54. The normalized spacial score (nSPS) is 12.3. The zero-order valence-electron chi connectivity index (χ0n) is 54.5. The zero-order valence-corrected chi connectivity index (χ0v) is 54.5. The number of fused-ring (bicyclic) bond motifs is 12. The first-order valence-corrected chi connectivity index (χ1v) is 33.8. The van der Waals surface area contributed by atoms with Gasteiger partial charge in [-0.2, -0.15) is 0 Å². The number of aromatic nitrogens is 1. The number of anilines is 12. The summed E-state index contributed by atoms with van der Waals surface area (Å²) in [6, 6.07) is 136. The summed E-state index contributed by atoms with van der Waals surface area (Å²) in [5, 5.41) is 2.52. The van der Waals surface area contributed by atoms with Gasteiger partial charge in [0.05, 0.1) is 22.1 Å². The Hall–Kier alpha value is -12.7. The van der Waals surface area contributed by atoms with Gasteiger partial charge in [-0.15, -0.1) is 0 Å². The molecule has 0 bridgehead atoms. The number of hydrogen-bond donors (Lipinski definition) is 0. The van der Waals surface area contributed by atoms with Crippen molar-refractivity contribution in [1.29, 1.82) is 0 Å². The molecule has 0 radical (unpaired) electrons. The molecular formula is C93H67N5. The highest BCUT2D eigenvalue weighted by Gasteiger charge is 2.51. The zero-order chi connectivity index (χ0) is 65.3. The van der Waals surface area contributed by atoms with Gasteiger partial charge in [-0.05, 0) is 250 Å². The molecule has 1 aliphatic carbocycles. The summed E-state index contributed by atoms with van der Waals surface area (Å²) in [7, 11) is 0. The summed E-state index contributed by atoms with van der Waals surface area (Å²) in [6.45, 7) is 4.34. The van der Waals surface area contributed by atoms with Gasteiger partial charge in [-0.1, -0.05) is 200 Å². The largest absolute Gasteiger partial charge is 0.311 e. The number of hydrogen-bond acceptors (Lipinski definition) is 4. The molecule has 1 spiro atoms. The highest BCUT2D eigenvalue weighted by molar-refractivity contribution is 6.13. The van der Waals surface area contributed by atoms with Gasteiger partial charge in [0.25, 0.3) is 0 Å². The predicted octanol–water partition coefficient (Wildman–Crippen LogP) is 25.3. The van der Waals surface area contributed by atoms with Crippen molar-refractivity contribution in [2.45, 2.75) is 19.3 Å². The molecule has 16 aromatic rings. The lowest BCUT2D eigenvalue weighted by Crippen LogP contribution is -2.33. The SMILES string of the molecule is Cc1cccc(N(c2ccc(-c3ccc4c(c3)C3(c5cc(-c6ccc(N(c7ccc(N(c8ccccc8)c8ccccc8)cc7)c7cccc(C)c7)cc6)ccc5-4)c4ccccc4-n4c5ccccc5c5cccc3c54)cc2)c2ccc(N(c3ccccc3)c3ccccc3)cc2)c1. The lowest BCUT2D eigenvalue weighted by molar-refractivity contribution is 0.749. The molecular weight excluding hydrogens is 1190 g/mol. The third-order valence-electron chi connectivity index (χ3n) is 20.0. The monoisotopic (exact) mass is 1250 g/mol. The van der Waals surface area contributed by atoms with Crippen molar-refractivity contribution in [2.24, 2.45) is 0 Å². The van der Waals surface area contributed by atoms with Crippen molar-refractivity contribution in [1.82, 2.24) is 4.57 Å². The van der Waals surface area contributed by atoms with Crippen LogP contribution in [0.3, 0.4) is 0 Å². The molecule has 0 N–H and O–H groups in total. The molecule has 1 aromatic heterocycles. The highest BCUT2D eigenvalue weighted by Crippen LogP contribution is 2.62. The van der Waals surface area contributed by atoms with Crippen LogP contribution in [0.15, 0.2) is 370 Å². The van der Waals surface area contributed by atoms with E-state index >= 15 is 0 Å². The number of nitrogens with zero attached hydrogens (tertiary/aromatic N) is 5. The maximum atomic E-state index is 2.54. The van der Waals surface area contributed by atoms with E-state index in [2.05, 4.69) is 408 Å². The fourth-order valence-corrected chi connectivity index (χ4v) is 15.7. The standard InChI is InChI=1S/C93H67N5/c1-64-22-19-32-80(60-64)96(78-54-50-76(51-55-78)94(70-24-7-3-8-25-70)71-26-9-4-10-27-71)74-46-40-66(41-47-74)68-44-58-82-83-59-45-69(63-89(83)93(88(82)62-68)86-36-16-18-39-91(86)98-90-38-17-15-34-84(90)85-35-21-37-87(93)92(85)98)67-42-48-75(49-43-67)97(81-33-20-23-65(2)61-81)79-56-52-77(53-57-79)95(72-28-11-5-12-29-72)73-30-13-6-14-31-73/h3-63H,1-2H3. The second-order valence-electron chi connectivity index (χ2n) is 25.8. The number of aryl methyl sites for hydroxylation is 2. The minimum Gasteiger partial charge on any atom is -0.311 e. The Labute approximate surface area is 572 Å². The molecule has 0 fully saturated rings.